The lowest BCUT2D eigenvalue weighted by atomic mass is 9.90. The van der Waals surface area contributed by atoms with Crippen molar-refractivity contribution in [2.24, 2.45) is 5.41 Å². The molecule has 19 heavy (non-hydrogen) atoms. The third-order valence-corrected chi connectivity index (χ3v) is 2.97. The van der Waals surface area contributed by atoms with Crippen molar-refractivity contribution in [3.05, 3.63) is 11.8 Å². The summed E-state index contributed by atoms with van der Waals surface area (Å²) in [6.45, 7) is 9.82. The topological polar surface area (TPSA) is 47.0 Å². The molecule has 0 atom stereocenters. The molecule has 0 aliphatic heterocycles. The zero-order valence-electron chi connectivity index (χ0n) is 12.3. The van der Waals surface area contributed by atoms with Crippen molar-refractivity contribution in [2.75, 3.05) is 24.3 Å². The van der Waals surface area contributed by atoms with Gasteiger partial charge in [-0.3, -0.25) is 0 Å². The zero-order valence-corrected chi connectivity index (χ0v) is 13.0. The SMILES string of the molecule is CCCOc1cc(C)nc(NCC(C)(C)CCCl)n1. The fourth-order valence-corrected chi connectivity index (χ4v) is 2.07. The van der Waals surface area contributed by atoms with Gasteiger partial charge in [0.05, 0.1) is 6.61 Å². The third-order valence-electron chi connectivity index (χ3n) is 2.78. The molecule has 0 aliphatic rings. The lowest BCUT2D eigenvalue weighted by Crippen LogP contribution is -2.24. The first-order chi connectivity index (χ1) is 8.96. The summed E-state index contributed by atoms with van der Waals surface area (Å²) in [5.41, 5.74) is 1.03. The molecule has 1 rings (SSSR count). The van der Waals surface area contributed by atoms with Crippen molar-refractivity contribution < 1.29 is 4.74 Å². The van der Waals surface area contributed by atoms with E-state index in [1.807, 2.05) is 13.0 Å². The Labute approximate surface area is 120 Å². The molecule has 0 fully saturated rings. The second-order valence-electron chi connectivity index (χ2n) is 5.48. The van der Waals surface area contributed by atoms with E-state index in [1.54, 1.807) is 0 Å². The Morgan fingerprint density at radius 2 is 2.11 bits per heavy atom. The van der Waals surface area contributed by atoms with Crippen LogP contribution in [0, 0.1) is 12.3 Å². The van der Waals surface area contributed by atoms with E-state index in [2.05, 4.69) is 36.1 Å². The molecule has 1 N–H and O–H groups in total. The number of halogens is 1. The van der Waals surface area contributed by atoms with E-state index >= 15 is 0 Å². The number of aryl methyl sites for hydroxylation is 1. The highest BCUT2D eigenvalue weighted by atomic mass is 35.5. The first-order valence-electron chi connectivity index (χ1n) is 6.75. The summed E-state index contributed by atoms with van der Waals surface area (Å²) in [4.78, 5) is 8.73. The summed E-state index contributed by atoms with van der Waals surface area (Å²) in [5, 5.41) is 3.27. The molecule has 0 radical (unpaired) electrons. The maximum Gasteiger partial charge on any atom is 0.226 e. The van der Waals surface area contributed by atoms with E-state index in [0.29, 0.717) is 24.3 Å². The summed E-state index contributed by atoms with van der Waals surface area (Å²) >= 11 is 5.80. The fraction of sp³-hybridized carbons (Fsp3) is 0.714. The predicted octanol–water partition coefficient (Wildman–Crippen LogP) is 3.64. The molecule has 1 aromatic heterocycles. The van der Waals surface area contributed by atoms with Crippen molar-refractivity contribution in [3.63, 3.8) is 0 Å². The van der Waals surface area contributed by atoms with Crippen LogP contribution in [0.3, 0.4) is 0 Å². The van der Waals surface area contributed by atoms with Crippen LogP contribution in [-0.4, -0.2) is 29.0 Å². The van der Waals surface area contributed by atoms with Crippen LogP contribution in [-0.2, 0) is 0 Å². The highest BCUT2D eigenvalue weighted by Gasteiger charge is 2.17. The minimum absolute atomic E-state index is 0.124. The van der Waals surface area contributed by atoms with Gasteiger partial charge in [0.15, 0.2) is 0 Å². The van der Waals surface area contributed by atoms with Gasteiger partial charge in [0.2, 0.25) is 11.8 Å². The van der Waals surface area contributed by atoms with E-state index in [4.69, 9.17) is 16.3 Å². The van der Waals surface area contributed by atoms with E-state index < -0.39 is 0 Å². The van der Waals surface area contributed by atoms with E-state index in [1.165, 1.54) is 0 Å². The van der Waals surface area contributed by atoms with Crippen LogP contribution in [0.2, 0.25) is 0 Å². The zero-order chi connectivity index (χ0) is 14.3. The minimum atomic E-state index is 0.124. The van der Waals surface area contributed by atoms with Crippen molar-refractivity contribution >= 4 is 17.5 Å². The van der Waals surface area contributed by atoms with Gasteiger partial charge in [-0.2, -0.15) is 4.98 Å². The number of hydrogen-bond donors (Lipinski definition) is 1. The van der Waals surface area contributed by atoms with Crippen molar-refractivity contribution in [1.82, 2.24) is 9.97 Å². The summed E-state index contributed by atoms with van der Waals surface area (Å²) < 4.78 is 5.54. The number of hydrogen-bond acceptors (Lipinski definition) is 4. The third kappa shape index (κ3) is 6.10. The molecule has 0 saturated carbocycles. The molecule has 4 nitrogen and oxygen atoms in total. The summed E-state index contributed by atoms with van der Waals surface area (Å²) in [6.07, 6.45) is 1.92. The Morgan fingerprint density at radius 1 is 1.37 bits per heavy atom. The standard InChI is InChI=1S/C14H24ClN3O/c1-5-8-19-12-9-11(2)17-13(18-12)16-10-14(3,4)6-7-15/h9H,5-8,10H2,1-4H3,(H,16,17,18). The Hall–Kier alpha value is -1.03. The second kappa shape index (κ2) is 7.53. The van der Waals surface area contributed by atoms with Gasteiger partial charge in [0.25, 0.3) is 0 Å². The largest absolute Gasteiger partial charge is 0.478 e. The van der Waals surface area contributed by atoms with Gasteiger partial charge in [0.1, 0.15) is 0 Å². The fourth-order valence-electron chi connectivity index (χ4n) is 1.56. The molecule has 0 unspecified atom stereocenters. The molecule has 1 heterocycles. The minimum Gasteiger partial charge on any atom is -0.478 e. The van der Waals surface area contributed by atoms with Crippen LogP contribution >= 0.6 is 11.6 Å². The van der Waals surface area contributed by atoms with Gasteiger partial charge in [-0.05, 0) is 25.2 Å². The van der Waals surface area contributed by atoms with Crippen molar-refractivity contribution in [1.29, 1.82) is 0 Å². The number of rotatable bonds is 8. The maximum atomic E-state index is 5.80. The van der Waals surface area contributed by atoms with Crippen molar-refractivity contribution in [2.45, 2.75) is 40.5 Å². The van der Waals surface area contributed by atoms with E-state index in [-0.39, 0.29) is 5.41 Å². The average molecular weight is 286 g/mol. The number of nitrogens with one attached hydrogen (secondary N) is 1. The Bertz CT molecular complexity index is 396. The molecule has 5 heteroatoms. The van der Waals surface area contributed by atoms with Gasteiger partial charge in [-0.1, -0.05) is 20.8 Å². The maximum absolute atomic E-state index is 5.80. The van der Waals surface area contributed by atoms with E-state index in [0.717, 1.165) is 25.1 Å². The Morgan fingerprint density at radius 3 is 2.74 bits per heavy atom. The quantitative estimate of drug-likeness (QED) is 0.741. The highest BCUT2D eigenvalue weighted by molar-refractivity contribution is 6.17. The normalized spacial score (nSPS) is 11.4. The van der Waals surface area contributed by atoms with Gasteiger partial charge in [-0.25, -0.2) is 4.98 Å². The molecule has 0 saturated heterocycles. The van der Waals surface area contributed by atoms with Crippen LogP contribution in [0.4, 0.5) is 5.95 Å². The number of ether oxygens (including phenoxy) is 1. The molecule has 0 aromatic carbocycles. The Kier molecular flexibility index (Phi) is 6.35. The van der Waals surface area contributed by atoms with Crippen molar-refractivity contribution in [3.8, 4) is 5.88 Å². The van der Waals surface area contributed by atoms with Gasteiger partial charge in [-0.15, -0.1) is 11.6 Å². The van der Waals surface area contributed by atoms with Crippen LogP contribution < -0.4 is 10.1 Å². The predicted molar refractivity (Wildman–Crippen MR) is 80.2 cm³/mol. The lowest BCUT2D eigenvalue weighted by Gasteiger charge is -2.23. The molecule has 0 spiro atoms. The average Bonchev–Trinajstić information content (AvgIpc) is 2.33. The Balaban J connectivity index is 2.65. The molecule has 108 valence electrons. The molecular weight excluding hydrogens is 262 g/mol. The smallest absolute Gasteiger partial charge is 0.226 e. The highest BCUT2D eigenvalue weighted by Crippen LogP contribution is 2.21. The van der Waals surface area contributed by atoms with Gasteiger partial charge < -0.3 is 10.1 Å². The molecule has 0 aliphatic carbocycles. The van der Waals surface area contributed by atoms with Gasteiger partial charge in [0, 0.05) is 24.2 Å². The van der Waals surface area contributed by atoms with Crippen LogP contribution in [0.25, 0.3) is 0 Å². The first kappa shape index (κ1) is 16.0. The first-order valence-corrected chi connectivity index (χ1v) is 7.28. The molecule has 0 amide bonds. The summed E-state index contributed by atoms with van der Waals surface area (Å²) in [5.74, 6) is 1.91. The van der Waals surface area contributed by atoms with E-state index in [9.17, 15) is 0 Å². The number of alkyl halides is 1. The monoisotopic (exact) mass is 285 g/mol. The van der Waals surface area contributed by atoms with Crippen LogP contribution in [0.15, 0.2) is 6.07 Å². The van der Waals surface area contributed by atoms with Crippen LogP contribution in [0.1, 0.15) is 39.3 Å². The number of anilines is 1. The van der Waals surface area contributed by atoms with Crippen LogP contribution in [0.5, 0.6) is 5.88 Å². The molecule has 1 aromatic rings. The summed E-state index contributed by atoms with van der Waals surface area (Å²) in [6, 6.07) is 1.85. The lowest BCUT2D eigenvalue weighted by molar-refractivity contribution is 0.304. The number of aromatic nitrogens is 2. The molecular formula is C14H24ClN3O. The van der Waals surface area contributed by atoms with Gasteiger partial charge >= 0.3 is 0 Å². The second-order valence-corrected chi connectivity index (χ2v) is 5.85. The summed E-state index contributed by atoms with van der Waals surface area (Å²) in [7, 11) is 0. The molecule has 0 bridgehead atoms. The number of nitrogens with zero attached hydrogens (tertiary/aromatic N) is 2.